The van der Waals surface area contributed by atoms with Gasteiger partial charge in [-0.3, -0.25) is 14.1 Å². The van der Waals surface area contributed by atoms with E-state index < -0.39 is 25.4 Å². The average Bonchev–Trinajstić information content (AvgIpc) is 3.39. The van der Waals surface area contributed by atoms with Crippen LogP contribution in [0.15, 0.2) is 58.4 Å². The van der Waals surface area contributed by atoms with E-state index in [1.807, 2.05) is 31.2 Å². The van der Waals surface area contributed by atoms with Crippen molar-refractivity contribution in [3.63, 3.8) is 0 Å². The number of nitrogens with zero attached hydrogens (tertiary/aromatic N) is 3. The number of aromatic nitrogens is 3. The van der Waals surface area contributed by atoms with E-state index in [0.29, 0.717) is 48.2 Å². The Kier molecular flexibility index (Phi) is 11.5. The minimum atomic E-state index is -4.59. The largest absolute Gasteiger partial charge is 0.469 e. The number of benzene rings is 2. The first-order chi connectivity index (χ1) is 21.3. The van der Waals surface area contributed by atoms with Crippen LogP contribution < -0.4 is 28.2 Å². The Bertz CT molecular complexity index is 1750. The maximum absolute atomic E-state index is 15.2. The smallest absolute Gasteiger partial charge is 0.370 e. The number of phosphoric ester groups is 1. The molecule has 0 amide bonds. The van der Waals surface area contributed by atoms with Gasteiger partial charge in [0.2, 0.25) is 0 Å². The number of nitrogens with two attached hydrogens (primary N) is 3. The first-order valence-electron chi connectivity index (χ1n) is 14.3. The Morgan fingerprint density at radius 2 is 1.96 bits per heavy atom. The molecular formula is C29H37ClFN8O5P. The number of guanidine groups is 1. The molecule has 0 spiro atoms. The normalized spacial score (nSPS) is 13.2. The second kappa shape index (κ2) is 15.1. The SMILES string of the molecule is C[C@H](NCCCN=C(N)N)c1ccc(-n2cc3cc(-c4cc(CCC[C@@H](N)COP(=O)(O)O)cc(Cl)c4F)[nH]c3nc2=O)cc1. The van der Waals surface area contributed by atoms with Crippen LogP contribution in [0.5, 0.6) is 0 Å². The van der Waals surface area contributed by atoms with Crippen molar-refractivity contribution < 1.29 is 23.3 Å². The van der Waals surface area contributed by atoms with Gasteiger partial charge in [0.25, 0.3) is 0 Å². The maximum Gasteiger partial charge on any atom is 0.469 e. The van der Waals surface area contributed by atoms with Crippen molar-refractivity contribution in [1.29, 1.82) is 0 Å². The van der Waals surface area contributed by atoms with Crippen LogP contribution in [0.1, 0.15) is 43.4 Å². The highest BCUT2D eigenvalue weighted by Crippen LogP contribution is 2.36. The Balaban J connectivity index is 1.47. The molecule has 0 aliphatic carbocycles. The van der Waals surface area contributed by atoms with Gasteiger partial charge in [-0.25, -0.2) is 13.8 Å². The summed E-state index contributed by atoms with van der Waals surface area (Å²) < 4.78 is 31.9. The van der Waals surface area contributed by atoms with E-state index in [9.17, 15) is 9.36 Å². The maximum atomic E-state index is 15.2. The summed E-state index contributed by atoms with van der Waals surface area (Å²) in [4.78, 5) is 41.8. The lowest BCUT2D eigenvalue weighted by molar-refractivity contribution is 0.183. The van der Waals surface area contributed by atoms with E-state index in [4.69, 9.17) is 38.6 Å². The quantitative estimate of drug-likeness (QED) is 0.0426. The third-order valence-corrected chi connectivity index (χ3v) is 7.89. The topological polar surface area (TPSA) is 220 Å². The summed E-state index contributed by atoms with van der Waals surface area (Å²) in [5.41, 5.74) is 19.4. The number of H-pyrrole nitrogens is 1. The lowest BCUT2D eigenvalue weighted by atomic mass is 10.0. The van der Waals surface area contributed by atoms with Crippen molar-refractivity contribution in [2.24, 2.45) is 22.2 Å². The molecule has 4 aromatic rings. The summed E-state index contributed by atoms with van der Waals surface area (Å²) in [5, 5.41) is 3.94. The molecule has 13 nitrogen and oxygen atoms in total. The molecule has 16 heteroatoms. The van der Waals surface area contributed by atoms with Gasteiger partial charge < -0.3 is 37.3 Å². The van der Waals surface area contributed by atoms with Crippen LogP contribution in [0.25, 0.3) is 28.0 Å². The van der Waals surface area contributed by atoms with Crippen LogP contribution in [-0.4, -0.2) is 56.0 Å². The molecule has 0 saturated heterocycles. The second-order valence-corrected chi connectivity index (χ2v) is 12.3. The summed E-state index contributed by atoms with van der Waals surface area (Å²) >= 11 is 6.22. The van der Waals surface area contributed by atoms with Gasteiger partial charge in [0.1, 0.15) is 5.65 Å². The van der Waals surface area contributed by atoms with Crippen molar-refractivity contribution >= 4 is 36.4 Å². The summed E-state index contributed by atoms with van der Waals surface area (Å²) in [5.74, 6) is -0.547. The average molecular weight is 663 g/mol. The molecule has 0 fully saturated rings. The van der Waals surface area contributed by atoms with Gasteiger partial charge in [0, 0.05) is 35.8 Å². The molecule has 0 bridgehead atoms. The number of nitrogens with one attached hydrogen (secondary N) is 2. The highest BCUT2D eigenvalue weighted by atomic mass is 35.5. The molecular weight excluding hydrogens is 626 g/mol. The Morgan fingerprint density at radius 1 is 1.22 bits per heavy atom. The fourth-order valence-corrected chi connectivity index (χ4v) is 5.43. The minimum absolute atomic E-state index is 0.0684. The van der Waals surface area contributed by atoms with Crippen LogP contribution >= 0.6 is 19.4 Å². The van der Waals surface area contributed by atoms with E-state index in [1.165, 1.54) is 10.6 Å². The van der Waals surface area contributed by atoms with E-state index >= 15 is 4.39 Å². The predicted octanol–water partition coefficient (Wildman–Crippen LogP) is 3.25. The van der Waals surface area contributed by atoms with Gasteiger partial charge in [-0.05, 0) is 80.6 Å². The van der Waals surface area contributed by atoms with Gasteiger partial charge >= 0.3 is 13.5 Å². The number of rotatable bonds is 15. The number of hydrogen-bond acceptors (Lipinski definition) is 7. The molecule has 242 valence electrons. The summed E-state index contributed by atoms with van der Waals surface area (Å²) in [6, 6.07) is 11.9. The highest BCUT2D eigenvalue weighted by Gasteiger charge is 2.18. The number of aryl methyl sites for hydroxylation is 1. The molecule has 4 rings (SSSR count). The second-order valence-electron chi connectivity index (χ2n) is 10.7. The number of aromatic amines is 1. The Labute approximate surface area is 263 Å². The molecule has 0 saturated carbocycles. The van der Waals surface area contributed by atoms with Crippen LogP contribution in [-0.2, 0) is 15.5 Å². The van der Waals surface area contributed by atoms with Crippen molar-refractivity contribution in [3.8, 4) is 16.9 Å². The predicted molar refractivity (Wildman–Crippen MR) is 173 cm³/mol. The van der Waals surface area contributed by atoms with E-state index in [-0.39, 0.29) is 29.2 Å². The molecule has 2 aromatic carbocycles. The molecule has 0 aliphatic rings. The first-order valence-corrected chi connectivity index (χ1v) is 16.2. The first kappa shape index (κ1) is 34.3. The molecule has 2 heterocycles. The van der Waals surface area contributed by atoms with Gasteiger partial charge in [-0.2, -0.15) is 4.98 Å². The van der Waals surface area contributed by atoms with Gasteiger partial charge in [-0.15, -0.1) is 0 Å². The standard InChI is InChI=1S/C29H37ClFN8O5P/c1-17(35-10-3-11-36-28(33)34)19-6-8-22(9-7-19)39-15-20-14-25(37-27(20)38-29(39)40)23-12-18(13-24(30)26(23)31)4-2-5-21(32)16-44-45(41,42)43/h6-9,12-15,17,21,35H,2-5,10-11,16,32H2,1H3,(H4,33,34,36)(H,37,38,40)(H2,41,42,43)/t17-,21+/m0/s1. The number of fused-ring (bicyclic) bond motifs is 1. The zero-order chi connectivity index (χ0) is 32.7. The fraction of sp³-hybridized carbons (Fsp3) is 0.345. The summed E-state index contributed by atoms with van der Waals surface area (Å²) in [6.45, 7) is 3.03. The van der Waals surface area contributed by atoms with E-state index in [0.717, 1.165) is 24.1 Å². The van der Waals surface area contributed by atoms with Gasteiger partial charge in [0.15, 0.2) is 11.8 Å². The number of phosphoric acid groups is 1. The van der Waals surface area contributed by atoms with E-state index in [1.54, 1.807) is 18.3 Å². The monoisotopic (exact) mass is 662 g/mol. The number of halogens is 2. The summed E-state index contributed by atoms with van der Waals surface area (Å²) in [7, 11) is -4.59. The molecule has 2 aromatic heterocycles. The summed E-state index contributed by atoms with van der Waals surface area (Å²) in [6.07, 6.45) is 3.89. The number of hydrogen-bond donors (Lipinski definition) is 7. The van der Waals surface area contributed by atoms with E-state index in [2.05, 4.69) is 24.8 Å². The van der Waals surface area contributed by atoms with Crippen molar-refractivity contribution in [2.45, 2.75) is 44.7 Å². The van der Waals surface area contributed by atoms with Crippen molar-refractivity contribution in [1.82, 2.24) is 19.9 Å². The molecule has 45 heavy (non-hydrogen) atoms. The minimum Gasteiger partial charge on any atom is -0.370 e. The lowest BCUT2D eigenvalue weighted by Crippen LogP contribution is -2.25. The molecule has 2 atom stereocenters. The Hall–Kier alpha value is -3.62. The zero-order valence-electron chi connectivity index (χ0n) is 24.6. The number of aliphatic imine (C=N–C) groups is 1. The van der Waals surface area contributed by atoms with Crippen LogP contribution in [0, 0.1) is 5.82 Å². The lowest BCUT2D eigenvalue weighted by Gasteiger charge is -2.15. The molecule has 0 unspecified atom stereocenters. The zero-order valence-corrected chi connectivity index (χ0v) is 26.3. The highest BCUT2D eigenvalue weighted by molar-refractivity contribution is 7.46. The Morgan fingerprint density at radius 3 is 2.64 bits per heavy atom. The van der Waals surface area contributed by atoms with Gasteiger partial charge in [0.05, 0.1) is 23.0 Å². The fourth-order valence-electron chi connectivity index (χ4n) is 4.80. The van der Waals surface area contributed by atoms with Crippen molar-refractivity contribution in [3.05, 3.63) is 81.1 Å². The van der Waals surface area contributed by atoms with Crippen LogP contribution in [0.3, 0.4) is 0 Å². The van der Waals surface area contributed by atoms with Crippen molar-refractivity contribution in [2.75, 3.05) is 19.7 Å². The molecule has 0 radical (unpaired) electrons. The molecule has 0 aliphatic heterocycles. The molecule has 10 N–H and O–H groups in total. The van der Waals surface area contributed by atoms with Gasteiger partial charge in [-0.1, -0.05) is 23.7 Å². The third kappa shape index (κ3) is 9.68. The van der Waals surface area contributed by atoms with Crippen LogP contribution in [0.2, 0.25) is 5.02 Å². The van der Waals surface area contributed by atoms with Crippen LogP contribution in [0.4, 0.5) is 4.39 Å². The third-order valence-electron chi connectivity index (χ3n) is 7.13.